The van der Waals surface area contributed by atoms with Gasteiger partial charge in [-0.1, -0.05) is 26.0 Å². The number of hydrogen-bond donors (Lipinski definition) is 1. The smallest absolute Gasteiger partial charge is 0.277 e. The summed E-state index contributed by atoms with van der Waals surface area (Å²) >= 11 is 0. The topological polar surface area (TPSA) is 77.1 Å². The number of likely N-dealkylation sites (N-methyl/N-ethyl adjacent to an activating group) is 1. The van der Waals surface area contributed by atoms with Gasteiger partial charge in [-0.05, 0) is 49.6 Å². The van der Waals surface area contributed by atoms with Crippen LogP contribution in [0.2, 0.25) is 0 Å². The molecular formula is C25H30N2O5. The number of amides is 2. The Morgan fingerprint density at radius 1 is 0.875 bits per heavy atom. The van der Waals surface area contributed by atoms with Crippen molar-refractivity contribution in [2.45, 2.75) is 27.7 Å². The van der Waals surface area contributed by atoms with Gasteiger partial charge in [-0.25, -0.2) is 0 Å². The molecule has 0 aliphatic carbocycles. The minimum atomic E-state index is -0.392. The fourth-order valence-electron chi connectivity index (χ4n) is 3.28. The molecule has 2 amide bonds. The molecule has 7 nitrogen and oxygen atoms in total. The third-order valence-corrected chi connectivity index (χ3v) is 4.83. The van der Waals surface area contributed by atoms with Crippen molar-refractivity contribution in [3.05, 3.63) is 53.7 Å². The number of anilines is 1. The van der Waals surface area contributed by atoms with Crippen molar-refractivity contribution < 1.29 is 23.8 Å². The van der Waals surface area contributed by atoms with E-state index in [0.29, 0.717) is 54.1 Å². The number of rotatable bonds is 10. The average Bonchev–Trinajstić information content (AvgIpc) is 2.98. The number of ether oxygens (including phenoxy) is 3. The summed E-state index contributed by atoms with van der Waals surface area (Å²) in [6.45, 7) is 9.53. The van der Waals surface area contributed by atoms with Gasteiger partial charge in [-0.3, -0.25) is 14.5 Å². The summed E-state index contributed by atoms with van der Waals surface area (Å²) in [5.74, 6) is 1.57. The fourth-order valence-corrected chi connectivity index (χ4v) is 3.28. The first kappa shape index (κ1) is 23.2. The molecule has 2 aromatic carbocycles. The molecule has 0 atom stereocenters. The van der Waals surface area contributed by atoms with Gasteiger partial charge in [0.15, 0.2) is 11.5 Å². The summed E-state index contributed by atoms with van der Waals surface area (Å²) in [7, 11) is 1.48. The van der Waals surface area contributed by atoms with Crippen molar-refractivity contribution in [3.8, 4) is 17.2 Å². The summed E-state index contributed by atoms with van der Waals surface area (Å²) in [4.78, 5) is 26.8. The molecule has 0 fully saturated rings. The zero-order valence-electron chi connectivity index (χ0n) is 19.2. The van der Waals surface area contributed by atoms with Crippen molar-refractivity contribution >= 4 is 23.1 Å². The maximum Gasteiger partial charge on any atom is 0.277 e. The molecule has 32 heavy (non-hydrogen) atoms. The van der Waals surface area contributed by atoms with Gasteiger partial charge >= 0.3 is 0 Å². The average molecular weight is 439 g/mol. The summed E-state index contributed by atoms with van der Waals surface area (Å²) in [6, 6.07) is 12.5. The maximum absolute atomic E-state index is 12.9. The molecule has 1 heterocycles. The van der Waals surface area contributed by atoms with Crippen molar-refractivity contribution in [2.24, 2.45) is 5.92 Å². The minimum Gasteiger partial charge on any atom is -0.493 e. The number of hydrogen-bond acceptors (Lipinski definition) is 6. The number of nitrogens with one attached hydrogen (secondary N) is 1. The highest BCUT2D eigenvalue weighted by Gasteiger charge is 2.36. The van der Waals surface area contributed by atoms with Gasteiger partial charge in [0, 0.05) is 18.8 Å². The van der Waals surface area contributed by atoms with Crippen molar-refractivity contribution in [2.75, 3.05) is 32.2 Å². The highest BCUT2D eigenvalue weighted by Crippen LogP contribution is 2.34. The second-order valence-corrected chi connectivity index (χ2v) is 7.80. The second kappa shape index (κ2) is 10.2. The Morgan fingerprint density at radius 2 is 1.53 bits per heavy atom. The standard InChI is InChI=1S/C25H30N2O5/c1-6-30-20-13-10-18(14-21(20)31-7-2)26-23-22(24(28)27(5)25(23)29)17-8-11-19(12-9-17)32-15-16(3)4/h8-14,16,26H,6-7,15H2,1-5H3. The van der Waals surface area contributed by atoms with Gasteiger partial charge in [-0.2, -0.15) is 0 Å². The minimum absolute atomic E-state index is 0.222. The van der Waals surface area contributed by atoms with E-state index in [4.69, 9.17) is 14.2 Å². The van der Waals surface area contributed by atoms with E-state index in [0.717, 1.165) is 10.6 Å². The normalized spacial score (nSPS) is 13.8. The van der Waals surface area contributed by atoms with E-state index in [9.17, 15) is 9.59 Å². The number of imide groups is 1. The van der Waals surface area contributed by atoms with E-state index >= 15 is 0 Å². The monoisotopic (exact) mass is 438 g/mol. The molecular weight excluding hydrogens is 408 g/mol. The molecule has 0 bridgehead atoms. The molecule has 0 saturated carbocycles. The molecule has 170 valence electrons. The van der Waals surface area contributed by atoms with E-state index < -0.39 is 5.91 Å². The fraction of sp³-hybridized carbons (Fsp3) is 0.360. The van der Waals surface area contributed by atoms with Crippen LogP contribution in [0.1, 0.15) is 33.3 Å². The number of nitrogens with zero attached hydrogens (tertiary/aromatic N) is 1. The van der Waals surface area contributed by atoms with E-state index in [1.165, 1.54) is 7.05 Å². The van der Waals surface area contributed by atoms with Crippen LogP contribution in [-0.4, -0.2) is 43.6 Å². The summed E-state index contributed by atoms with van der Waals surface area (Å²) in [5.41, 5.74) is 1.81. The number of benzene rings is 2. The van der Waals surface area contributed by atoms with Gasteiger partial charge in [0.1, 0.15) is 11.4 Å². The predicted octanol–water partition coefficient (Wildman–Crippen LogP) is 4.34. The van der Waals surface area contributed by atoms with Crippen LogP contribution in [0.15, 0.2) is 48.2 Å². The van der Waals surface area contributed by atoms with Crippen LogP contribution in [0, 0.1) is 5.92 Å². The predicted molar refractivity (Wildman–Crippen MR) is 124 cm³/mol. The highest BCUT2D eigenvalue weighted by molar-refractivity contribution is 6.36. The van der Waals surface area contributed by atoms with Crippen LogP contribution in [0.5, 0.6) is 17.2 Å². The van der Waals surface area contributed by atoms with E-state index in [2.05, 4.69) is 19.2 Å². The molecule has 1 aliphatic rings. The van der Waals surface area contributed by atoms with Crippen LogP contribution >= 0.6 is 0 Å². The lowest BCUT2D eigenvalue weighted by molar-refractivity contribution is -0.135. The Labute approximate surface area is 189 Å². The molecule has 1 aliphatic heterocycles. The molecule has 0 radical (unpaired) electrons. The zero-order chi connectivity index (χ0) is 23.3. The molecule has 0 spiro atoms. The molecule has 3 rings (SSSR count). The molecule has 0 unspecified atom stereocenters. The van der Waals surface area contributed by atoms with Crippen LogP contribution < -0.4 is 19.5 Å². The summed E-state index contributed by atoms with van der Waals surface area (Å²) in [6.07, 6.45) is 0. The summed E-state index contributed by atoms with van der Waals surface area (Å²) < 4.78 is 17.0. The van der Waals surface area contributed by atoms with Gasteiger partial charge in [-0.15, -0.1) is 0 Å². The van der Waals surface area contributed by atoms with Crippen LogP contribution in [0.25, 0.3) is 5.57 Å². The van der Waals surface area contributed by atoms with Crippen molar-refractivity contribution in [1.82, 2.24) is 4.90 Å². The molecule has 2 aromatic rings. The first-order valence-corrected chi connectivity index (χ1v) is 10.8. The third kappa shape index (κ3) is 5.04. The zero-order valence-corrected chi connectivity index (χ0v) is 19.2. The Kier molecular flexibility index (Phi) is 7.41. The Morgan fingerprint density at radius 3 is 2.16 bits per heavy atom. The van der Waals surface area contributed by atoms with E-state index in [1.807, 2.05) is 26.0 Å². The third-order valence-electron chi connectivity index (χ3n) is 4.83. The quantitative estimate of drug-likeness (QED) is 0.556. The number of carbonyl (C=O) groups excluding carboxylic acids is 2. The SMILES string of the molecule is CCOc1ccc(NC2=C(c3ccc(OCC(C)C)cc3)C(=O)N(C)C2=O)cc1OCC. The first-order chi connectivity index (χ1) is 15.3. The van der Waals surface area contributed by atoms with Crippen LogP contribution in [0.3, 0.4) is 0 Å². The van der Waals surface area contributed by atoms with E-state index in [-0.39, 0.29) is 11.6 Å². The molecule has 0 saturated heterocycles. The van der Waals surface area contributed by atoms with Crippen molar-refractivity contribution in [3.63, 3.8) is 0 Å². The van der Waals surface area contributed by atoms with E-state index in [1.54, 1.807) is 30.3 Å². The van der Waals surface area contributed by atoms with Gasteiger partial charge < -0.3 is 19.5 Å². The Hall–Kier alpha value is -3.48. The Bertz CT molecular complexity index is 1010. The second-order valence-electron chi connectivity index (χ2n) is 7.80. The number of carbonyl (C=O) groups is 2. The lowest BCUT2D eigenvalue weighted by Crippen LogP contribution is -2.27. The van der Waals surface area contributed by atoms with Gasteiger partial charge in [0.05, 0.1) is 25.4 Å². The van der Waals surface area contributed by atoms with Crippen LogP contribution in [-0.2, 0) is 9.59 Å². The molecule has 7 heteroatoms. The maximum atomic E-state index is 12.9. The van der Waals surface area contributed by atoms with Crippen LogP contribution in [0.4, 0.5) is 5.69 Å². The van der Waals surface area contributed by atoms with Gasteiger partial charge in [0.25, 0.3) is 11.8 Å². The van der Waals surface area contributed by atoms with Crippen molar-refractivity contribution in [1.29, 1.82) is 0 Å². The lowest BCUT2D eigenvalue weighted by atomic mass is 10.0. The lowest BCUT2D eigenvalue weighted by Gasteiger charge is -2.14. The molecule has 1 N–H and O–H groups in total. The summed E-state index contributed by atoms with van der Waals surface area (Å²) in [5, 5.41) is 3.12. The first-order valence-electron chi connectivity index (χ1n) is 10.8. The molecule has 0 aromatic heterocycles. The Balaban J connectivity index is 1.94. The van der Waals surface area contributed by atoms with Gasteiger partial charge in [0.2, 0.25) is 0 Å². The largest absolute Gasteiger partial charge is 0.493 e. The highest BCUT2D eigenvalue weighted by atomic mass is 16.5.